The molecule has 2 aliphatic rings. The number of hydrogen-bond donors (Lipinski definition) is 0. The number of fused-ring (bicyclic) bond motifs is 2. The molecule has 1 aliphatic carbocycles. The van der Waals surface area contributed by atoms with E-state index in [1.54, 1.807) is 0 Å². The van der Waals surface area contributed by atoms with Crippen molar-refractivity contribution in [3.8, 4) is 0 Å². The number of benzene rings is 1. The minimum absolute atomic E-state index is 0. The zero-order chi connectivity index (χ0) is 16.4. The number of allylic oxidation sites excluding steroid dienone is 4. The van der Waals surface area contributed by atoms with Gasteiger partial charge in [0.15, 0.2) is 0 Å². The Morgan fingerprint density at radius 1 is 1.08 bits per heavy atom. The third kappa shape index (κ3) is 6.84. The van der Waals surface area contributed by atoms with E-state index in [2.05, 4.69) is 87.2 Å². The van der Waals surface area contributed by atoms with Crippen LogP contribution in [0.1, 0.15) is 12.5 Å². The van der Waals surface area contributed by atoms with Gasteiger partial charge >= 0.3 is 26.2 Å². The first-order valence-electron chi connectivity index (χ1n) is 8.07. The van der Waals surface area contributed by atoms with Crippen LogP contribution in [0.25, 0.3) is 10.8 Å². The van der Waals surface area contributed by atoms with Gasteiger partial charge in [-0.1, -0.05) is 43.9 Å². The van der Waals surface area contributed by atoms with Gasteiger partial charge in [-0.3, -0.25) is 0 Å². The molecule has 0 spiro atoms. The largest absolute Gasteiger partial charge is 3.00 e. The van der Waals surface area contributed by atoms with Crippen LogP contribution in [0.5, 0.6) is 0 Å². The monoisotopic (exact) mass is 495 g/mol. The SMILES string of the molecule is CC1=CC2=CC(C=[Si](C)C)SC2=C1.Cc1cc2ccccc2[cH-]1.[Cl-].[Cl-].[Zr+3]. The first kappa shape index (κ1) is 26.0. The summed E-state index contributed by atoms with van der Waals surface area (Å²) in [4.78, 5) is 1.47. The molecule has 1 radical (unpaired) electrons. The molecule has 4 rings (SSSR count). The molecule has 0 fully saturated rings. The second-order valence-corrected chi connectivity index (χ2v) is 10.2. The molecular weight excluding hydrogens is 475 g/mol. The molecule has 26 heavy (non-hydrogen) atoms. The van der Waals surface area contributed by atoms with Crippen LogP contribution in [-0.2, 0) is 26.2 Å². The Bertz CT molecular complexity index is 825. The average molecular weight is 498 g/mol. The van der Waals surface area contributed by atoms with E-state index in [1.165, 1.54) is 32.4 Å². The van der Waals surface area contributed by atoms with E-state index in [0.717, 1.165) is 0 Å². The van der Waals surface area contributed by atoms with Crippen molar-refractivity contribution in [2.45, 2.75) is 32.2 Å². The quantitative estimate of drug-likeness (QED) is 0.391. The van der Waals surface area contributed by atoms with Gasteiger partial charge in [0.2, 0.25) is 0 Å². The molecule has 1 heterocycles. The van der Waals surface area contributed by atoms with Crippen LogP contribution in [0.4, 0.5) is 0 Å². The molecule has 2 aromatic carbocycles. The van der Waals surface area contributed by atoms with Crippen LogP contribution in [0.3, 0.4) is 0 Å². The second kappa shape index (κ2) is 11.7. The number of rotatable bonds is 1. The Hall–Kier alpha value is -0.0500. The molecule has 2 aromatic rings. The van der Waals surface area contributed by atoms with E-state index < -0.39 is 0 Å². The van der Waals surface area contributed by atoms with Gasteiger partial charge in [-0.15, -0.1) is 52.4 Å². The Morgan fingerprint density at radius 2 is 1.77 bits per heavy atom. The minimum Gasteiger partial charge on any atom is -1.00 e. The molecule has 0 bridgehead atoms. The van der Waals surface area contributed by atoms with Crippen LogP contribution >= 0.6 is 11.8 Å². The van der Waals surface area contributed by atoms with Crippen LogP contribution in [0.2, 0.25) is 13.1 Å². The summed E-state index contributed by atoms with van der Waals surface area (Å²) in [5.74, 6) is 0. The maximum atomic E-state index is 2.50. The molecule has 1 atom stereocenters. The number of hydrogen-bond acceptors (Lipinski definition) is 1. The number of halogens is 2. The van der Waals surface area contributed by atoms with Gasteiger partial charge in [0, 0.05) is 18.6 Å². The van der Waals surface area contributed by atoms with E-state index in [0.29, 0.717) is 5.25 Å². The van der Waals surface area contributed by atoms with Crippen molar-refractivity contribution < 1.29 is 51.0 Å². The summed E-state index contributed by atoms with van der Waals surface area (Å²) >= 11 is 2.00. The fraction of sp³-hybridized carbons (Fsp3) is 0.238. The summed E-state index contributed by atoms with van der Waals surface area (Å²) in [6.45, 7) is 8.97. The van der Waals surface area contributed by atoms with Gasteiger partial charge in [0.05, 0.1) is 0 Å². The summed E-state index contributed by atoms with van der Waals surface area (Å²) in [6, 6.07) is 12.8. The van der Waals surface area contributed by atoms with Crippen molar-refractivity contribution in [3.05, 3.63) is 76.2 Å². The van der Waals surface area contributed by atoms with Gasteiger partial charge in [-0.2, -0.15) is 6.07 Å². The van der Waals surface area contributed by atoms with Crippen molar-refractivity contribution in [1.29, 1.82) is 0 Å². The summed E-state index contributed by atoms with van der Waals surface area (Å²) in [5, 5.41) is 3.34. The molecule has 1 aliphatic heterocycles. The Morgan fingerprint density at radius 3 is 2.38 bits per heavy atom. The predicted octanol–water partition coefficient (Wildman–Crippen LogP) is -0.117. The van der Waals surface area contributed by atoms with Crippen molar-refractivity contribution >= 4 is 36.6 Å². The van der Waals surface area contributed by atoms with Gasteiger partial charge < -0.3 is 24.8 Å². The molecule has 0 aromatic heterocycles. The Labute approximate surface area is 194 Å². The summed E-state index contributed by atoms with van der Waals surface area (Å²) < 4.78 is 0. The topological polar surface area (TPSA) is 0 Å². The smallest absolute Gasteiger partial charge is 1.00 e. The van der Waals surface area contributed by atoms with Crippen molar-refractivity contribution in [2.24, 2.45) is 0 Å². The summed E-state index contributed by atoms with van der Waals surface area (Å²) in [7, 11) is -0.200. The minimum atomic E-state index is -0.200. The molecule has 5 heteroatoms. The van der Waals surface area contributed by atoms with Crippen LogP contribution in [0.15, 0.2) is 70.7 Å². The van der Waals surface area contributed by atoms with Gasteiger partial charge in [-0.05, 0) is 24.1 Å². The molecular formula is C21H23Cl2SSiZr. The van der Waals surface area contributed by atoms with Crippen LogP contribution in [-0.4, -0.2) is 19.3 Å². The van der Waals surface area contributed by atoms with E-state index >= 15 is 0 Å². The molecule has 1 unspecified atom stereocenters. The van der Waals surface area contributed by atoms with Crippen LogP contribution < -0.4 is 24.8 Å². The average Bonchev–Trinajstić information content (AvgIpc) is 3.09. The van der Waals surface area contributed by atoms with E-state index in [9.17, 15) is 0 Å². The fourth-order valence-electron chi connectivity index (χ4n) is 2.95. The molecule has 0 nitrogen and oxygen atoms in total. The van der Waals surface area contributed by atoms with Gasteiger partial charge in [-0.25, -0.2) is 0 Å². The first-order chi connectivity index (χ1) is 11.0. The molecule has 0 saturated heterocycles. The van der Waals surface area contributed by atoms with Crippen LogP contribution in [0, 0.1) is 6.92 Å². The fourth-order valence-corrected chi connectivity index (χ4v) is 5.82. The van der Waals surface area contributed by atoms with Crippen molar-refractivity contribution in [3.63, 3.8) is 0 Å². The standard InChI is InChI=1S/C11H14SSi.C10H9.2ClH.Zr/c1-8-4-9-6-10(7-13(2)3)12-11(9)5-8;1-8-6-9-4-2-3-5-10(9)7-8;;;/h4-7,10H,1-3H3;2-7H,1H3;2*1H;/q;-1;;;+3/p-2. The van der Waals surface area contributed by atoms with Crippen molar-refractivity contribution in [2.75, 3.05) is 0 Å². The van der Waals surface area contributed by atoms with Crippen molar-refractivity contribution in [1.82, 2.24) is 0 Å². The van der Waals surface area contributed by atoms with E-state index in [-0.39, 0.29) is 59.4 Å². The number of aryl methyl sites for hydroxylation is 1. The van der Waals surface area contributed by atoms with E-state index in [4.69, 9.17) is 0 Å². The molecule has 135 valence electrons. The molecule has 0 saturated carbocycles. The first-order valence-corrected chi connectivity index (χ1v) is 11.5. The zero-order valence-electron chi connectivity index (χ0n) is 15.5. The second-order valence-electron chi connectivity index (χ2n) is 6.51. The summed E-state index contributed by atoms with van der Waals surface area (Å²) in [6.07, 6.45) is 6.97. The Balaban J connectivity index is 0.000000441. The number of thioether (sulfide) groups is 1. The van der Waals surface area contributed by atoms with Gasteiger partial charge in [0.1, 0.15) is 0 Å². The maximum Gasteiger partial charge on any atom is 3.00 e. The predicted molar refractivity (Wildman–Crippen MR) is 109 cm³/mol. The molecule has 0 amide bonds. The third-order valence-corrected chi connectivity index (χ3v) is 6.31. The zero-order valence-corrected chi connectivity index (χ0v) is 21.3. The maximum absolute atomic E-state index is 2.50. The summed E-state index contributed by atoms with van der Waals surface area (Å²) in [5.41, 5.74) is 6.70. The Kier molecular flexibility index (Phi) is 11.7. The third-order valence-electron chi connectivity index (χ3n) is 3.89. The van der Waals surface area contributed by atoms with E-state index in [1.807, 2.05) is 11.8 Å². The molecule has 0 N–H and O–H groups in total. The van der Waals surface area contributed by atoms with Gasteiger partial charge in [0.25, 0.3) is 0 Å². The normalized spacial score (nSPS) is 16.5.